The Labute approximate surface area is 214 Å². The summed E-state index contributed by atoms with van der Waals surface area (Å²) in [5, 5.41) is 14.6. The van der Waals surface area contributed by atoms with Crippen molar-refractivity contribution in [3.63, 3.8) is 0 Å². The Morgan fingerprint density at radius 3 is 2.54 bits per heavy atom. The molecule has 4 heterocycles. The number of piperidine rings is 1. The molecule has 1 N–H and O–H groups in total. The number of pyridine rings is 1. The molecule has 0 aliphatic carbocycles. The van der Waals surface area contributed by atoms with Crippen molar-refractivity contribution in [3.05, 3.63) is 60.2 Å². The van der Waals surface area contributed by atoms with Crippen LogP contribution >= 0.6 is 0 Å². The van der Waals surface area contributed by atoms with Crippen LogP contribution in [0.1, 0.15) is 39.3 Å². The molecule has 1 saturated heterocycles. The Kier molecular flexibility index (Phi) is 6.76. The first-order chi connectivity index (χ1) is 17.7. The molecule has 5 rings (SSSR count). The van der Waals surface area contributed by atoms with Gasteiger partial charge in [-0.1, -0.05) is 0 Å². The number of nitrogens with zero attached hydrogens (tertiary/aromatic N) is 6. The molecule has 0 radical (unpaired) electrons. The van der Waals surface area contributed by atoms with Crippen LogP contribution in [0.3, 0.4) is 0 Å². The molecule has 1 fully saturated rings. The Morgan fingerprint density at radius 2 is 1.86 bits per heavy atom. The lowest BCUT2D eigenvalue weighted by molar-refractivity contribution is 0.0800. The Morgan fingerprint density at radius 1 is 1.08 bits per heavy atom. The number of anilines is 1. The third-order valence-corrected chi connectivity index (χ3v) is 6.36. The molecule has 0 atom stereocenters. The minimum absolute atomic E-state index is 0.0600. The van der Waals surface area contributed by atoms with Crippen molar-refractivity contribution >= 4 is 16.9 Å². The summed E-state index contributed by atoms with van der Waals surface area (Å²) in [6, 6.07) is 5.23. The van der Waals surface area contributed by atoms with Crippen molar-refractivity contribution in [2.75, 3.05) is 18.0 Å². The number of hydrogen-bond donors (Lipinski definition) is 1. The van der Waals surface area contributed by atoms with Crippen LogP contribution in [-0.4, -0.2) is 54.6 Å². The van der Waals surface area contributed by atoms with Gasteiger partial charge in [0.25, 0.3) is 0 Å². The zero-order valence-corrected chi connectivity index (χ0v) is 21.2. The van der Waals surface area contributed by atoms with E-state index in [1.54, 1.807) is 26.2 Å². The molecule has 0 unspecified atom stereocenters. The van der Waals surface area contributed by atoms with Crippen molar-refractivity contribution in [3.8, 4) is 17.0 Å². The number of aryl methyl sites for hydroxylation is 1. The molecule has 0 saturated carbocycles. The van der Waals surface area contributed by atoms with E-state index in [0.29, 0.717) is 49.1 Å². The van der Waals surface area contributed by atoms with Gasteiger partial charge in [0.05, 0.1) is 23.5 Å². The molecular formula is C27H30F2N6O2. The first-order valence-corrected chi connectivity index (χ1v) is 12.5. The zero-order chi connectivity index (χ0) is 26.2. The van der Waals surface area contributed by atoms with E-state index >= 15 is 0 Å². The van der Waals surface area contributed by atoms with Gasteiger partial charge in [-0.05, 0) is 39.0 Å². The summed E-state index contributed by atoms with van der Waals surface area (Å²) in [6.45, 7) is 7.50. The fraction of sp³-hybridized carbons (Fsp3) is 0.407. The van der Waals surface area contributed by atoms with Gasteiger partial charge in [-0.3, -0.25) is 9.67 Å². The molecule has 4 aromatic rings. The van der Waals surface area contributed by atoms with Crippen molar-refractivity contribution in [1.29, 1.82) is 0 Å². The predicted molar refractivity (Wildman–Crippen MR) is 136 cm³/mol. The molecular weight excluding hydrogens is 478 g/mol. The van der Waals surface area contributed by atoms with Crippen molar-refractivity contribution in [2.45, 2.75) is 58.3 Å². The maximum Gasteiger partial charge on any atom is 0.167 e. The number of halogens is 2. The maximum atomic E-state index is 14.1. The fourth-order valence-electron chi connectivity index (χ4n) is 4.54. The van der Waals surface area contributed by atoms with E-state index in [2.05, 4.69) is 15.0 Å². The SMILES string of the molecule is CCn1cc(-c2nc3cnc(CC(C)(C)O)cc3nc2N2CCC(Oc3ccc(F)cc3F)CC2)cn1. The third-order valence-electron chi connectivity index (χ3n) is 6.36. The summed E-state index contributed by atoms with van der Waals surface area (Å²) in [6.07, 6.45) is 6.91. The van der Waals surface area contributed by atoms with Crippen LogP contribution in [0.4, 0.5) is 14.6 Å². The second kappa shape index (κ2) is 10.0. The molecule has 1 aliphatic heterocycles. The first-order valence-electron chi connectivity index (χ1n) is 12.5. The topological polar surface area (TPSA) is 89.2 Å². The predicted octanol–water partition coefficient (Wildman–Crippen LogP) is 4.55. The average Bonchev–Trinajstić information content (AvgIpc) is 3.34. The molecule has 1 aliphatic rings. The first kappa shape index (κ1) is 25.0. The van der Waals surface area contributed by atoms with Gasteiger partial charge in [0.15, 0.2) is 17.4 Å². The van der Waals surface area contributed by atoms with E-state index in [0.717, 1.165) is 29.7 Å². The minimum atomic E-state index is -0.891. The molecule has 1 aromatic carbocycles. The van der Waals surface area contributed by atoms with Gasteiger partial charge in [0.2, 0.25) is 0 Å². The van der Waals surface area contributed by atoms with Gasteiger partial charge in [0, 0.05) is 62.4 Å². The van der Waals surface area contributed by atoms with E-state index in [1.165, 1.54) is 12.1 Å². The van der Waals surface area contributed by atoms with Gasteiger partial charge < -0.3 is 14.7 Å². The number of fused-ring (bicyclic) bond motifs is 1. The highest BCUT2D eigenvalue weighted by atomic mass is 19.1. The van der Waals surface area contributed by atoms with Gasteiger partial charge in [-0.25, -0.2) is 18.7 Å². The molecule has 3 aromatic heterocycles. The highest BCUT2D eigenvalue weighted by Gasteiger charge is 2.26. The summed E-state index contributed by atoms with van der Waals surface area (Å²) in [4.78, 5) is 16.5. The second-order valence-electron chi connectivity index (χ2n) is 10.0. The van der Waals surface area contributed by atoms with Crippen molar-refractivity contribution < 1.29 is 18.6 Å². The normalized spacial score (nSPS) is 14.9. The summed E-state index contributed by atoms with van der Waals surface area (Å²) in [7, 11) is 0. The van der Waals surface area contributed by atoms with Gasteiger partial charge in [0.1, 0.15) is 23.1 Å². The summed E-state index contributed by atoms with van der Waals surface area (Å²) in [5.41, 5.74) is 2.78. The van der Waals surface area contributed by atoms with Crippen molar-refractivity contribution in [2.24, 2.45) is 0 Å². The van der Waals surface area contributed by atoms with E-state index in [4.69, 9.17) is 14.7 Å². The van der Waals surface area contributed by atoms with Crippen LogP contribution in [0.5, 0.6) is 5.75 Å². The Balaban J connectivity index is 1.44. The number of aliphatic hydroxyl groups is 1. The van der Waals surface area contributed by atoms with Crippen LogP contribution < -0.4 is 9.64 Å². The van der Waals surface area contributed by atoms with Gasteiger partial charge >= 0.3 is 0 Å². The maximum absolute atomic E-state index is 14.1. The smallest absolute Gasteiger partial charge is 0.167 e. The van der Waals surface area contributed by atoms with Crippen LogP contribution in [0.15, 0.2) is 42.9 Å². The molecule has 0 spiro atoms. The Hall–Kier alpha value is -3.66. The van der Waals surface area contributed by atoms with E-state index < -0.39 is 17.2 Å². The third kappa shape index (κ3) is 5.69. The lowest BCUT2D eigenvalue weighted by atomic mass is 10.0. The van der Waals surface area contributed by atoms with E-state index in [1.807, 2.05) is 23.9 Å². The second-order valence-corrected chi connectivity index (χ2v) is 10.0. The minimum Gasteiger partial charge on any atom is -0.487 e. The van der Waals surface area contributed by atoms with Gasteiger partial charge in [-0.15, -0.1) is 0 Å². The quantitative estimate of drug-likeness (QED) is 0.392. The largest absolute Gasteiger partial charge is 0.487 e. The number of hydrogen-bond acceptors (Lipinski definition) is 7. The lowest BCUT2D eigenvalue weighted by Gasteiger charge is -2.33. The van der Waals surface area contributed by atoms with Gasteiger partial charge in [-0.2, -0.15) is 5.10 Å². The van der Waals surface area contributed by atoms with E-state index in [-0.39, 0.29) is 11.9 Å². The number of aromatic nitrogens is 5. The molecule has 0 bridgehead atoms. The van der Waals surface area contributed by atoms with Crippen LogP contribution in [0.2, 0.25) is 0 Å². The highest BCUT2D eigenvalue weighted by molar-refractivity contribution is 5.83. The lowest BCUT2D eigenvalue weighted by Crippen LogP contribution is -2.39. The summed E-state index contributed by atoms with van der Waals surface area (Å²) in [5.74, 6) is -0.539. The molecule has 194 valence electrons. The highest BCUT2D eigenvalue weighted by Crippen LogP contribution is 2.32. The van der Waals surface area contributed by atoms with E-state index in [9.17, 15) is 13.9 Å². The van der Waals surface area contributed by atoms with Crippen LogP contribution in [0.25, 0.3) is 22.3 Å². The van der Waals surface area contributed by atoms with Crippen LogP contribution in [0, 0.1) is 11.6 Å². The Bertz CT molecular complexity index is 1410. The molecule has 10 heteroatoms. The molecule has 0 amide bonds. The number of benzene rings is 1. The summed E-state index contributed by atoms with van der Waals surface area (Å²) >= 11 is 0. The fourth-order valence-corrected chi connectivity index (χ4v) is 4.54. The average molecular weight is 509 g/mol. The standard InChI is InChI=1S/C27H30F2N6O2/c1-4-35-16-17(14-31-35)25-26(33-22-12-19(13-27(2,3)36)30-15-23(22)32-25)34-9-7-20(8-10-34)37-24-6-5-18(28)11-21(24)29/h5-6,11-12,14-16,20,36H,4,7-10,13H2,1-3H3. The monoisotopic (exact) mass is 508 g/mol. The molecule has 8 nitrogen and oxygen atoms in total. The van der Waals surface area contributed by atoms with Crippen LogP contribution in [-0.2, 0) is 13.0 Å². The number of rotatable bonds is 7. The molecule has 37 heavy (non-hydrogen) atoms. The summed E-state index contributed by atoms with van der Waals surface area (Å²) < 4.78 is 35.0. The number of ether oxygens (including phenoxy) is 1. The zero-order valence-electron chi connectivity index (χ0n) is 21.2. The van der Waals surface area contributed by atoms with Crippen molar-refractivity contribution in [1.82, 2.24) is 24.7 Å².